The first kappa shape index (κ1) is 20.5. The van der Waals surface area contributed by atoms with Gasteiger partial charge in [0.05, 0.1) is 18.8 Å². The summed E-state index contributed by atoms with van der Waals surface area (Å²) in [5, 5.41) is 13.8. The van der Waals surface area contributed by atoms with Gasteiger partial charge in [0.25, 0.3) is 5.91 Å². The Morgan fingerprint density at radius 3 is 2.63 bits per heavy atom. The van der Waals surface area contributed by atoms with Gasteiger partial charge in [-0.1, -0.05) is 35.4 Å². The summed E-state index contributed by atoms with van der Waals surface area (Å²) < 4.78 is 5.27. The van der Waals surface area contributed by atoms with Gasteiger partial charge in [-0.3, -0.25) is 14.5 Å². The van der Waals surface area contributed by atoms with Crippen molar-refractivity contribution < 1.29 is 24.3 Å². The van der Waals surface area contributed by atoms with Crippen LogP contribution in [0.2, 0.25) is 0 Å². The highest BCUT2D eigenvalue weighted by Crippen LogP contribution is 2.24. The van der Waals surface area contributed by atoms with E-state index in [1.165, 1.54) is 0 Å². The molecule has 1 aliphatic rings. The SMILES string of the molecule is CC(C)(C)OC(=O)N1C[C@H](N=[N+]=[N-])[C@@H](O)[C@H]1C(=O)NOCc1ccccc1. The van der Waals surface area contributed by atoms with Gasteiger partial charge in [0.2, 0.25) is 0 Å². The average Bonchev–Trinajstić information content (AvgIpc) is 2.92. The second-order valence-electron chi connectivity index (χ2n) is 7.08. The van der Waals surface area contributed by atoms with Gasteiger partial charge >= 0.3 is 6.09 Å². The molecule has 0 saturated carbocycles. The zero-order chi connectivity index (χ0) is 20.0. The first-order chi connectivity index (χ1) is 12.7. The van der Waals surface area contributed by atoms with E-state index in [-0.39, 0.29) is 13.2 Å². The van der Waals surface area contributed by atoms with Crippen molar-refractivity contribution in [2.75, 3.05) is 6.54 Å². The zero-order valence-electron chi connectivity index (χ0n) is 15.4. The Kier molecular flexibility index (Phi) is 6.62. The topological polar surface area (TPSA) is 137 Å². The van der Waals surface area contributed by atoms with Crippen molar-refractivity contribution in [2.45, 2.75) is 51.2 Å². The van der Waals surface area contributed by atoms with Crippen LogP contribution in [-0.2, 0) is 21.0 Å². The summed E-state index contributed by atoms with van der Waals surface area (Å²) in [6.45, 7) is 5.01. The first-order valence-electron chi connectivity index (χ1n) is 8.40. The number of nitrogens with one attached hydrogen (secondary N) is 1. The van der Waals surface area contributed by atoms with Crippen LogP contribution in [0.5, 0.6) is 0 Å². The fourth-order valence-electron chi connectivity index (χ4n) is 2.62. The van der Waals surface area contributed by atoms with Crippen LogP contribution in [0.3, 0.4) is 0 Å². The summed E-state index contributed by atoms with van der Waals surface area (Å²) in [6, 6.07) is 6.89. The van der Waals surface area contributed by atoms with Crippen molar-refractivity contribution in [3.63, 3.8) is 0 Å². The molecule has 1 aromatic carbocycles. The minimum Gasteiger partial charge on any atom is -0.444 e. The van der Waals surface area contributed by atoms with Gasteiger partial charge in [0.1, 0.15) is 11.6 Å². The van der Waals surface area contributed by atoms with E-state index in [9.17, 15) is 14.7 Å². The number of azide groups is 1. The summed E-state index contributed by atoms with van der Waals surface area (Å²) in [4.78, 5) is 33.8. The molecule has 1 aromatic rings. The Bertz CT molecular complexity index is 714. The first-order valence-corrected chi connectivity index (χ1v) is 8.40. The van der Waals surface area contributed by atoms with E-state index in [1.54, 1.807) is 20.8 Å². The molecule has 27 heavy (non-hydrogen) atoms. The molecule has 146 valence electrons. The predicted octanol–water partition coefficient (Wildman–Crippen LogP) is 1.89. The van der Waals surface area contributed by atoms with Crippen molar-refractivity contribution in [2.24, 2.45) is 5.11 Å². The molecule has 1 saturated heterocycles. The van der Waals surface area contributed by atoms with Crippen molar-refractivity contribution in [1.82, 2.24) is 10.4 Å². The van der Waals surface area contributed by atoms with Gasteiger partial charge in [-0.25, -0.2) is 10.3 Å². The molecular weight excluding hydrogens is 354 g/mol. The van der Waals surface area contributed by atoms with Gasteiger partial charge in [0, 0.05) is 11.5 Å². The second kappa shape index (κ2) is 8.72. The molecule has 0 radical (unpaired) electrons. The van der Waals surface area contributed by atoms with E-state index in [0.717, 1.165) is 10.5 Å². The Morgan fingerprint density at radius 2 is 2.04 bits per heavy atom. The Labute approximate surface area is 156 Å². The molecule has 0 aromatic heterocycles. The molecule has 10 nitrogen and oxygen atoms in total. The molecule has 1 fully saturated rings. The fourth-order valence-corrected chi connectivity index (χ4v) is 2.62. The maximum absolute atomic E-state index is 12.5. The molecule has 0 spiro atoms. The van der Waals surface area contributed by atoms with Crippen LogP contribution in [-0.4, -0.2) is 52.3 Å². The number of amides is 2. The number of carbonyl (C=O) groups excluding carboxylic acids is 2. The van der Waals surface area contributed by atoms with Crippen LogP contribution < -0.4 is 5.48 Å². The summed E-state index contributed by atoms with van der Waals surface area (Å²) >= 11 is 0. The minimum atomic E-state index is -1.38. The van der Waals surface area contributed by atoms with Gasteiger partial charge in [0.15, 0.2) is 0 Å². The third-order valence-electron chi connectivity index (χ3n) is 3.79. The third kappa shape index (κ3) is 5.58. The highest BCUT2D eigenvalue weighted by molar-refractivity contribution is 5.86. The van der Waals surface area contributed by atoms with Gasteiger partial charge < -0.3 is 9.84 Å². The molecule has 1 heterocycles. The maximum atomic E-state index is 12.5. The smallest absolute Gasteiger partial charge is 0.411 e. The predicted molar refractivity (Wildman–Crippen MR) is 95.0 cm³/mol. The molecule has 2 amide bonds. The Balaban J connectivity index is 2.07. The van der Waals surface area contributed by atoms with Crippen LogP contribution >= 0.6 is 0 Å². The lowest BCUT2D eigenvalue weighted by atomic mass is 10.1. The highest BCUT2D eigenvalue weighted by atomic mass is 16.7. The summed E-state index contributed by atoms with van der Waals surface area (Å²) in [6.07, 6.45) is -2.17. The quantitative estimate of drug-likeness (QED) is 0.349. The molecule has 3 atom stereocenters. The third-order valence-corrected chi connectivity index (χ3v) is 3.79. The number of hydroxylamine groups is 1. The molecule has 2 rings (SSSR count). The minimum absolute atomic E-state index is 0.113. The molecule has 10 heteroatoms. The number of ether oxygens (including phenoxy) is 1. The molecular formula is C17H23N5O5. The number of aliphatic hydroxyl groups is 1. The number of nitrogens with zero attached hydrogens (tertiary/aromatic N) is 4. The van der Waals surface area contributed by atoms with Crippen LogP contribution in [0.25, 0.3) is 10.4 Å². The second-order valence-corrected chi connectivity index (χ2v) is 7.08. The summed E-state index contributed by atoms with van der Waals surface area (Å²) in [5.74, 6) is -0.736. The number of aliphatic hydroxyl groups excluding tert-OH is 1. The zero-order valence-corrected chi connectivity index (χ0v) is 15.4. The van der Waals surface area contributed by atoms with E-state index in [0.29, 0.717) is 0 Å². The van der Waals surface area contributed by atoms with Crippen LogP contribution in [0.1, 0.15) is 26.3 Å². The number of likely N-dealkylation sites (tertiary alicyclic amines) is 1. The fraction of sp³-hybridized carbons (Fsp3) is 0.529. The Hall–Kier alpha value is -2.81. The maximum Gasteiger partial charge on any atom is 0.411 e. The number of rotatable bonds is 5. The van der Waals surface area contributed by atoms with E-state index in [2.05, 4.69) is 15.5 Å². The van der Waals surface area contributed by atoms with Crippen LogP contribution in [0.4, 0.5) is 4.79 Å². The summed E-state index contributed by atoms with van der Waals surface area (Å²) in [5.41, 5.74) is 10.9. The lowest BCUT2D eigenvalue weighted by molar-refractivity contribution is -0.141. The lowest BCUT2D eigenvalue weighted by Gasteiger charge is -2.28. The Morgan fingerprint density at radius 1 is 1.37 bits per heavy atom. The number of carbonyl (C=O) groups is 2. The standard InChI is InChI=1S/C17H23N5O5/c1-17(2,3)27-16(25)22-9-12(19-21-18)14(23)13(22)15(24)20-26-10-11-7-5-4-6-8-11/h4-8,12-14,23H,9-10H2,1-3H3,(H,20,24)/t12-,13-,14+/m0/s1. The molecule has 2 N–H and O–H groups in total. The van der Waals surface area contributed by atoms with Gasteiger partial charge in [-0.05, 0) is 31.9 Å². The lowest BCUT2D eigenvalue weighted by Crippen LogP contribution is -2.51. The molecule has 0 unspecified atom stereocenters. The van der Waals surface area contributed by atoms with E-state index in [4.69, 9.17) is 15.1 Å². The van der Waals surface area contributed by atoms with E-state index < -0.39 is 35.8 Å². The van der Waals surface area contributed by atoms with E-state index >= 15 is 0 Å². The number of hydrogen-bond acceptors (Lipinski definition) is 6. The van der Waals surface area contributed by atoms with Crippen LogP contribution in [0.15, 0.2) is 35.4 Å². The van der Waals surface area contributed by atoms with E-state index in [1.807, 2.05) is 30.3 Å². The summed E-state index contributed by atoms with van der Waals surface area (Å²) in [7, 11) is 0. The van der Waals surface area contributed by atoms with Gasteiger partial charge in [-0.2, -0.15) is 0 Å². The van der Waals surface area contributed by atoms with Crippen molar-refractivity contribution in [1.29, 1.82) is 0 Å². The number of hydrogen-bond donors (Lipinski definition) is 2. The van der Waals surface area contributed by atoms with Gasteiger partial charge in [-0.15, -0.1) is 0 Å². The molecule has 1 aliphatic heterocycles. The highest BCUT2D eigenvalue weighted by Gasteiger charge is 2.48. The normalized spacial score (nSPS) is 22.1. The molecule has 0 aliphatic carbocycles. The number of benzene rings is 1. The average molecular weight is 377 g/mol. The van der Waals surface area contributed by atoms with Crippen LogP contribution in [0, 0.1) is 0 Å². The molecule has 0 bridgehead atoms. The van der Waals surface area contributed by atoms with Crippen molar-refractivity contribution >= 4 is 12.0 Å². The monoisotopic (exact) mass is 377 g/mol. The van der Waals surface area contributed by atoms with Crippen molar-refractivity contribution in [3.8, 4) is 0 Å². The van der Waals surface area contributed by atoms with Crippen molar-refractivity contribution in [3.05, 3.63) is 46.3 Å². The largest absolute Gasteiger partial charge is 0.444 e.